The van der Waals surface area contributed by atoms with E-state index in [1.54, 1.807) is 61.5 Å². The van der Waals surface area contributed by atoms with Crippen molar-refractivity contribution in [3.63, 3.8) is 0 Å². The van der Waals surface area contributed by atoms with E-state index < -0.39 is 30.4 Å². The summed E-state index contributed by atoms with van der Waals surface area (Å²) in [6, 6.07) is 15.5. The molecule has 1 fully saturated rings. The number of amides is 2. The van der Waals surface area contributed by atoms with E-state index in [4.69, 9.17) is 14.2 Å². The van der Waals surface area contributed by atoms with Gasteiger partial charge in [0, 0.05) is 30.4 Å². The fourth-order valence-electron chi connectivity index (χ4n) is 3.49. The topological polar surface area (TPSA) is 102 Å². The van der Waals surface area contributed by atoms with Crippen molar-refractivity contribution >= 4 is 35.1 Å². The van der Waals surface area contributed by atoms with Crippen LogP contribution in [0.2, 0.25) is 0 Å². The van der Waals surface area contributed by atoms with Gasteiger partial charge >= 0.3 is 11.9 Å². The Labute approximate surface area is 191 Å². The van der Waals surface area contributed by atoms with Gasteiger partial charge in [0.15, 0.2) is 6.61 Å². The molecule has 0 bridgehead atoms. The number of para-hydroxylation sites is 1. The molecule has 33 heavy (non-hydrogen) atoms. The minimum Gasteiger partial charge on any atom is -0.497 e. The van der Waals surface area contributed by atoms with Gasteiger partial charge in [0.25, 0.3) is 5.91 Å². The molecule has 1 aliphatic rings. The molecule has 1 heterocycles. The Balaban J connectivity index is 1.62. The number of anilines is 2. The van der Waals surface area contributed by atoms with E-state index in [2.05, 4.69) is 0 Å². The molecule has 1 atom stereocenters. The minimum atomic E-state index is -0.702. The third-order valence-corrected chi connectivity index (χ3v) is 5.12. The molecule has 174 valence electrons. The van der Waals surface area contributed by atoms with Crippen LogP contribution in [0.5, 0.6) is 5.75 Å². The summed E-state index contributed by atoms with van der Waals surface area (Å²) in [6.45, 7) is 1.14. The van der Waals surface area contributed by atoms with Gasteiger partial charge in [-0.25, -0.2) is 0 Å². The second-order valence-corrected chi connectivity index (χ2v) is 7.34. The highest BCUT2D eigenvalue weighted by molar-refractivity contribution is 6.01. The summed E-state index contributed by atoms with van der Waals surface area (Å²) in [5.41, 5.74) is 1.10. The number of rotatable bonds is 9. The van der Waals surface area contributed by atoms with Gasteiger partial charge in [0.2, 0.25) is 5.91 Å². The summed E-state index contributed by atoms with van der Waals surface area (Å²) < 4.78 is 15.3. The van der Waals surface area contributed by atoms with E-state index in [1.165, 1.54) is 16.9 Å². The predicted octanol–water partition coefficient (Wildman–Crippen LogP) is 2.19. The van der Waals surface area contributed by atoms with Crippen LogP contribution in [0.25, 0.3) is 0 Å². The lowest BCUT2D eigenvalue weighted by atomic mass is 10.1. The van der Waals surface area contributed by atoms with E-state index in [1.807, 2.05) is 0 Å². The van der Waals surface area contributed by atoms with Crippen LogP contribution in [-0.4, -0.2) is 57.2 Å². The fraction of sp³-hybridized carbons (Fsp3) is 0.333. The Morgan fingerprint density at radius 3 is 2.52 bits per heavy atom. The van der Waals surface area contributed by atoms with Crippen LogP contribution in [0.15, 0.2) is 54.6 Å². The Bertz CT molecular complexity index is 1010. The van der Waals surface area contributed by atoms with Gasteiger partial charge in [-0.2, -0.15) is 0 Å². The van der Waals surface area contributed by atoms with E-state index in [-0.39, 0.29) is 32.0 Å². The van der Waals surface area contributed by atoms with Crippen LogP contribution in [0.1, 0.15) is 13.3 Å². The Hall–Kier alpha value is -3.88. The van der Waals surface area contributed by atoms with Crippen LogP contribution in [0, 0.1) is 5.92 Å². The second kappa shape index (κ2) is 11.1. The molecule has 1 saturated heterocycles. The second-order valence-electron chi connectivity index (χ2n) is 7.34. The van der Waals surface area contributed by atoms with Gasteiger partial charge in [-0.05, 0) is 31.2 Å². The number of nitrogens with zero attached hydrogens (tertiary/aromatic N) is 2. The number of esters is 2. The lowest BCUT2D eigenvalue weighted by Gasteiger charge is -2.22. The number of ether oxygens (including phenoxy) is 3. The van der Waals surface area contributed by atoms with Crippen LogP contribution in [0.4, 0.5) is 11.4 Å². The number of carbonyl (C=O) groups is 4. The maximum absolute atomic E-state index is 12.8. The molecule has 0 aromatic heterocycles. The number of carbonyl (C=O) groups excluding carboxylic acids is 4. The molecule has 1 aliphatic heterocycles. The van der Waals surface area contributed by atoms with Crippen molar-refractivity contribution in [3.8, 4) is 5.75 Å². The SMILES string of the molecule is CCOC(=O)CN(C(=O)COC(=O)C1CC(=O)N(c2cccc(OC)c2)C1)c1ccccc1. The zero-order chi connectivity index (χ0) is 23.8. The van der Waals surface area contributed by atoms with Gasteiger partial charge in [0.05, 0.1) is 19.6 Å². The number of hydrogen-bond acceptors (Lipinski definition) is 7. The van der Waals surface area contributed by atoms with Crippen LogP contribution in [0.3, 0.4) is 0 Å². The Kier molecular flexibility index (Phi) is 8.01. The molecule has 9 heteroatoms. The monoisotopic (exact) mass is 454 g/mol. The minimum absolute atomic E-state index is 0.0184. The zero-order valence-corrected chi connectivity index (χ0v) is 18.6. The molecule has 0 saturated carbocycles. The standard InChI is InChI=1S/C24H26N2O7/c1-3-32-23(29)15-26(18-8-5-4-6-9-18)22(28)16-33-24(30)17-12-21(27)25(14-17)19-10-7-11-20(13-19)31-2/h4-11,13,17H,3,12,14-16H2,1-2H3. The summed E-state index contributed by atoms with van der Waals surface area (Å²) in [5, 5.41) is 0. The molecule has 9 nitrogen and oxygen atoms in total. The molecule has 0 spiro atoms. The smallest absolute Gasteiger partial charge is 0.326 e. The number of benzene rings is 2. The average Bonchev–Trinajstić information content (AvgIpc) is 3.23. The summed E-state index contributed by atoms with van der Waals surface area (Å²) in [5.74, 6) is -2.12. The molecule has 2 aromatic rings. The van der Waals surface area contributed by atoms with Crippen molar-refractivity contribution in [2.24, 2.45) is 5.92 Å². The van der Waals surface area contributed by atoms with Gasteiger partial charge < -0.3 is 19.1 Å². The lowest BCUT2D eigenvalue weighted by molar-refractivity contribution is -0.152. The quantitative estimate of drug-likeness (QED) is 0.535. The maximum atomic E-state index is 12.8. The summed E-state index contributed by atoms with van der Waals surface area (Å²) >= 11 is 0. The first-order chi connectivity index (χ1) is 15.9. The first-order valence-electron chi connectivity index (χ1n) is 10.5. The first kappa shape index (κ1) is 23.8. The molecule has 1 unspecified atom stereocenters. The van der Waals surface area contributed by atoms with Gasteiger partial charge in [-0.3, -0.25) is 24.1 Å². The normalized spacial score (nSPS) is 15.2. The average molecular weight is 454 g/mol. The molecule has 2 amide bonds. The van der Waals surface area contributed by atoms with Crippen LogP contribution < -0.4 is 14.5 Å². The predicted molar refractivity (Wildman–Crippen MR) is 120 cm³/mol. The third kappa shape index (κ3) is 6.09. The van der Waals surface area contributed by atoms with Gasteiger partial charge in [-0.1, -0.05) is 24.3 Å². The number of methoxy groups -OCH3 is 1. The van der Waals surface area contributed by atoms with Crippen molar-refractivity contribution in [3.05, 3.63) is 54.6 Å². The number of hydrogen-bond donors (Lipinski definition) is 0. The molecular weight excluding hydrogens is 428 g/mol. The fourth-order valence-corrected chi connectivity index (χ4v) is 3.49. The van der Waals surface area contributed by atoms with Crippen molar-refractivity contribution in [1.29, 1.82) is 0 Å². The highest BCUT2D eigenvalue weighted by Crippen LogP contribution is 2.28. The summed E-state index contributed by atoms with van der Waals surface area (Å²) in [4.78, 5) is 52.5. The van der Waals surface area contributed by atoms with Gasteiger partial charge in [-0.15, -0.1) is 0 Å². The van der Waals surface area contributed by atoms with Crippen molar-refractivity contribution in [2.75, 3.05) is 43.2 Å². The summed E-state index contributed by atoms with van der Waals surface area (Å²) in [6.07, 6.45) is -0.0184. The molecule has 0 aliphatic carbocycles. The maximum Gasteiger partial charge on any atom is 0.326 e. The highest BCUT2D eigenvalue weighted by atomic mass is 16.5. The van der Waals surface area contributed by atoms with E-state index in [0.29, 0.717) is 17.1 Å². The molecule has 0 radical (unpaired) electrons. The zero-order valence-electron chi connectivity index (χ0n) is 18.6. The van der Waals surface area contributed by atoms with Crippen molar-refractivity contribution in [2.45, 2.75) is 13.3 Å². The lowest BCUT2D eigenvalue weighted by Crippen LogP contribution is -2.39. The van der Waals surface area contributed by atoms with E-state index >= 15 is 0 Å². The van der Waals surface area contributed by atoms with Crippen LogP contribution >= 0.6 is 0 Å². The molecule has 0 N–H and O–H groups in total. The van der Waals surface area contributed by atoms with E-state index in [0.717, 1.165) is 0 Å². The van der Waals surface area contributed by atoms with Crippen molar-refractivity contribution < 1.29 is 33.4 Å². The van der Waals surface area contributed by atoms with Crippen molar-refractivity contribution in [1.82, 2.24) is 0 Å². The third-order valence-electron chi connectivity index (χ3n) is 5.12. The molecular formula is C24H26N2O7. The van der Waals surface area contributed by atoms with E-state index in [9.17, 15) is 19.2 Å². The Morgan fingerprint density at radius 1 is 1.06 bits per heavy atom. The first-order valence-corrected chi connectivity index (χ1v) is 10.5. The Morgan fingerprint density at radius 2 is 1.82 bits per heavy atom. The van der Waals surface area contributed by atoms with Crippen LogP contribution in [-0.2, 0) is 28.7 Å². The molecule has 3 rings (SSSR count). The van der Waals surface area contributed by atoms with Gasteiger partial charge in [0.1, 0.15) is 12.3 Å². The summed E-state index contributed by atoms with van der Waals surface area (Å²) in [7, 11) is 1.53. The molecule has 2 aromatic carbocycles. The largest absolute Gasteiger partial charge is 0.497 e. The highest BCUT2D eigenvalue weighted by Gasteiger charge is 2.36.